The van der Waals surface area contributed by atoms with E-state index in [0.717, 1.165) is 0 Å². The maximum Gasteiger partial charge on any atom is 0.482 e. The Hall–Kier alpha value is -0.430. The summed E-state index contributed by atoms with van der Waals surface area (Å²) in [5, 5.41) is 2.55. The van der Waals surface area contributed by atoms with E-state index in [1.165, 1.54) is 6.92 Å². The van der Waals surface area contributed by atoms with Crippen molar-refractivity contribution in [3.05, 3.63) is 0 Å². The summed E-state index contributed by atoms with van der Waals surface area (Å²) in [5.74, 6) is 0. The second-order valence-corrected chi connectivity index (χ2v) is 3.17. The largest absolute Gasteiger partial charge is 0.482 e. The Balaban J connectivity index is 2.61. The van der Waals surface area contributed by atoms with Crippen LogP contribution in [0.1, 0.15) is 6.92 Å². The smallest absolute Gasteiger partial charge is 0.311 e. The third-order valence-corrected chi connectivity index (χ3v) is 1.70. The first-order valence-electron chi connectivity index (χ1n) is 3.52. The first kappa shape index (κ1) is 10.6. The van der Waals surface area contributed by atoms with Gasteiger partial charge in [-0.2, -0.15) is 22.0 Å². The molecule has 7 heteroatoms. The van der Waals surface area contributed by atoms with Crippen molar-refractivity contribution in [1.82, 2.24) is 5.32 Å². The van der Waals surface area contributed by atoms with Crippen molar-refractivity contribution < 1.29 is 26.7 Å². The molecule has 1 N–H and O–H groups in total. The van der Waals surface area contributed by atoms with Gasteiger partial charge in [-0.1, -0.05) is 0 Å². The molecular weight excluding hydrogens is 197 g/mol. The number of nitrogens with one attached hydrogen (secondary N) is 1. The number of ether oxygens (including phenoxy) is 1. The molecule has 0 aromatic rings. The minimum atomic E-state index is -5.65. The van der Waals surface area contributed by atoms with E-state index in [2.05, 4.69) is 10.1 Å². The van der Waals surface area contributed by atoms with Gasteiger partial charge in [0, 0.05) is 13.1 Å². The summed E-state index contributed by atoms with van der Waals surface area (Å²) < 4.78 is 63.1. The highest BCUT2D eigenvalue weighted by atomic mass is 19.4. The third-order valence-electron chi connectivity index (χ3n) is 1.70. The number of hydrogen-bond acceptors (Lipinski definition) is 2. The van der Waals surface area contributed by atoms with E-state index in [0.29, 0.717) is 0 Å². The minimum Gasteiger partial charge on any atom is -0.311 e. The summed E-state index contributed by atoms with van der Waals surface area (Å²) >= 11 is 0. The minimum absolute atomic E-state index is 0.00132. The van der Waals surface area contributed by atoms with Crippen LogP contribution < -0.4 is 5.32 Å². The molecule has 0 unspecified atom stereocenters. The van der Waals surface area contributed by atoms with E-state index in [-0.39, 0.29) is 13.1 Å². The Bertz CT molecular complexity index is 198. The zero-order valence-corrected chi connectivity index (χ0v) is 6.71. The van der Waals surface area contributed by atoms with Gasteiger partial charge in [0.25, 0.3) is 0 Å². The Morgan fingerprint density at radius 1 is 1.15 bits per heavy atom. The number of hydrogen-bond donors (Lipinski definition) is 1. The maximum atomic E-state index is 12.3. The van der Waals surface area contributed by atoms with Crippen LogP contribution >= 0.6 is 0 Å². The third kappa shape index (κ3) is 2.08. The van der Waals surface area contributed by atoms with E-state index in [9.17, 15) is 22.0 Å². The van der Waals surface area contributed by atoms with Crippen LogP contribution in [-0.4, -0.2) is 31.0 Å². The molecule has 1 heterocycles. The van der Waals surface area contributed by atoms with E-state index < -0.39 is 17.9 Å². The quantitative estimate of drug-likeness (QED) is 0.690. The van der Waals surface area contributed by atoms with Crippen LogP contribution in [0, 0.1) is 0 Å². The van der Waals surface area contributed by atoms with Crippen molar-refractivity contribution >= 4 is 0 Å². The van der Waals surface area contributed by atoms with Gasteiger partial charge in [-0.05, 0) is 6.92 Å². The van der Waals surface area contributed by atoms with Crippen molar-refractivity contribution in [1.29, 1.82) is 0 Å². The molecule has 1 aliphatic rings. The molecule has 1 aliphatic heterocycles. The van der Waals surface area contributed by atoms with Crippen LogP contribution in [0.15, 0.2) is 0 Å². The van der Waals surface area contributed by atoms with Crippen molar-refractivity contribution in [3.8, 4) is 0 Å². The summed E-state index contributed by atoms with van der Waals surface area (Å²) in [5.41, 5.74) is -1.42. The van der Waals surface area contributed by atoms with Crippen LogP contribution in [0.5, 0.6) is 0 Å². The lowest BCUT2D eigenvalue weighted by Crippen LogP contribution is -2.63. The van der Waals surface area contributed by atoms with Crippen molar-refractivity contribution in [3.63, 3.8) is 0 Å². The highest BCUT2D eigenvalue weighted by molar-refractivity contribution is 4.92. The SMILES string of the molecule is CC1(OC(F)(F)C(F)(F)F)CNC1. The second-order valence-electron chi connectivity index (χ2n) is 3.17. The van der Waals surface area contributed by atoms with Crippen LogP contribution in [0.25, 0.3) is 0 Å². The van der Waals surface area contributed by atoms with Gasteiger partial charge < -0.3 is 10.1 Å². The van der Waals surface area contributed by atoms with Crippen LogP contribution in [0.2, 0.25) is 0 Å². The monoisotopic (exact) mass is 205 g/mol. The van der Waals surface area contributed by atoms with Gasteiger partial charge in [0.15, 0.2) is 0 Å². The molecule has 1 rings (SSSR count). The maximum absolute atomic E-state index is 12.3. The average molecular weight is 205 g/mol. The molecule has 0 atom stereocenters. The summed E-state index contributed by atoms with van der Waals surface area (Å²) in [4.78, 5) is 0. The highest BCUT2D eigenvalue weighted by Crippen LogP contribution is 2.40. The second kappa shape index (κ2) is 2.78. The molecular formula is C6H8F5NO. The average Bonchev–Trinajstić information content (AvgIpc) is 1.80. The van der Waals surface area contributed by atoms with Gasteiger partial charge in [-0.3, -0.25) is 0 Å². The Kier molecular flexibility index (Phi) is 2.28. The molecule has 0 saturated carbocycles. The summed E-state index contributed by atoms with van der Waals surface area (Å²) in [6.45, 7) is 1.19. The van der Waals surface area contributed by atoms with Crippen LogP contribution in [0.4, 0.5) is 22.0 Å². The Labute approximate surface area is 71.0 Å². The topological polar surface area (TPSA) is 21.3 Å². The van der Waals surface area contributed by atoms with Crippen LogP contribution in [0.3, 0.4) is 0 Å². The summed E-state index contributed by atoms with van der Waals surface area (Å²) in [7, 11) is 0. The molecule has 13 heavy (non-hydrogen) atoms. The summed E-state index contributed by atoms with van der Waals surface area (Å²) in [6.07, 6.45) is -10.7. The molecule has 78 valence electrons. The van der Waals surface area contributed by atoms with Crippen LogP contribution in [-0.2, 0) is 4.74 Å². The molecule has 0 aromatic heterocycles. The molecule has 0 spiro atoms. The van der Waals surface area contributed by atoms with E-state index in [1.807, 2.05) is 0 Å². The fraction of sp³-hybridized carbons (Fsp3) is 1.00. The molecule has 0 aliphatic carbocycles. The predicted octanol–water partition coefficient (Wildman–Crippen LogP) is 1.52. The molecule has 0 aromatic carbocycles. The zero-order valence-electron chi connectivity index (χ0n) is 6.71. The van der Waals surface area contributed by atoms with E-state index in [4.69, 9.17) is 0 Å². The molecule has 1 fully saturated rings. The summed E-state index contributed by atoms with van der Waals surface area (Å²) in [6, 6.07) is 0. The lowest BCUT2D eigenvalue weighted by molar-refractivity contribution is -0.419. The predicted molar refractivity (Wildman–Crippen MR) is 33.4 cm³/mol. The highest BCUT2D eigenvalue weighted by Gasteiger charge is 2.62. The number of halogens is 5. The first-order valence-corrected chi connectivity index (χ1v) is 3.52. The van der Waals surface area contributed by atoms with Gasteiger partial charge in [0.1, 0.15) is 0 Å². The fourth-order valence-corrected chi connectivity index (χ4v) is 0.917. The number of alkyl halides is 5. The van der Waals surface area contributed by atoms with E-state index in [1.54, 1.807) is 0 Å². The van der Waals surface area contributed by atoms with Crippen molar-refractivity contribution in [2.24, 2.45) is 0 Å². The molecule has 0 radical (unpaired) electrons. The standard InChI is InChI=1S/C6H8F5NO/c1-4(2-12-3-4)13-6(10,11)5(7,8)9/h12H,2-3H2,1H3. The first-order chi connectivity index (χ1) is 5.66. The van der Waals surface area contributed by atoms with Crippen molar-refractivity contribution in [2.75, 3.05) is 13.1 Å². The molecule has 1 saturated heterocycles. The van der Waals surface area contributed by atoms with Gasteiger partial charge >= 0.3 is 12.3 Å². The van der Waals surface area contributed by atoms with E-state index >= 15 is 0 Å². The number of rotatable bonds is 2. The van der Waals surface area contributed by atoms with Crippen molar-refractivity contribution in [2.45, 2.75) is 24.8 Å². The van der Waals surface area contributed by atoms with Gasteiger partial charge in [0.2, 0.25) is 0 Å². The Morgan fingerprint density at radius 2 is 1.62 bits per heavy atom. The lowest BCUT2D eigenvalue weighted by atomic mass is 10.0. The normalized spacial score (nSPS) is 22.6. The fourth-order valence-electron chi connectivity index (χ4n) is 0.917. The lowest BCUT2D eigenvalue weighted by Gasteiger charge is -2.41. The zero-order chi connectivity index (χ0) is 10.3. The molecule has 0 bridgehead atoms. The Morgan fingerprint density at radius 3 is 1.85 bits per heavy atom. The van der Waals surface area contributed by atoms with Gasteiger partial charge in [-0.25, -0.2) is 0 Å². The molecule has 0 amide bonds. The molecule has 2 nitrogen and oxygen atoms in total. The van der Waals surface area contributed by atoms with Gasteiger partial charge in [-0.15, -0.1) is 0 Å². The van der Waals surface area contributed by atoms with Gasteiger partial charge in [0.05, 0.1) is 5.60 Å².